The van der Waals surface area contributed by atoms with Crippen molar-refractivity contribution in [3.8, 4) is 5.75 Å². The Balaban J connectivity index is 2.33. The van der Waals surface area contributed by atoms with Gasteiger partial charge in [0.1, 0.15) is 5.75 Å². The van der Waals surface area contributed by atoms with Crippen LogP contribution in [0.3, 0.4) is 0 Å². The molecule has 1 aromatic rings. The Morgan fingerprint density at radius 1 is 1.38 bits per heavy atom. The summed E-state index contributed by atoms with van der Waals surface area (Å²) in [6.07, 6.45) is 0. The van der Waals surface area contributed by atoms with E-state index < -0.39 is 10.5 Å². The molecule has 1 aliphatic rings. The lowest BCUT2D eigenvalue weighted by Crippen LogP contribution is -2.43. The number of anilines is 1. The number of rotatable bonds is 5. The molecule has 10 heteroatoms. The summed E-state index contributed by atoms with van der Waals surface area (Å²) in [7, 11) is -5.10. The van der Waals surface area contributed by atoms with Crippen LogP contribution in [-0.4, -0.2) is 34.6 Å². The molecule has 0 aliphatic carbocycles. The van der Waals surface area contributed by atoms with Gasteiger partial charge >= 0.3 is 10.5 Å². The summed E-state index contributed by atoms with van der Waals surface area (Å²) in [5.41, 5.74) is 9.59. The maximum Gasteiger partial charge on any atom is 0.488 e. The van der Waals surface area contributed by atoms with Crippen LogP contribution >= 0.6 is 0 Å². The van der Waals surface area contributed by atoms with Crippen LogP contribution in [0.2, 0.25) is 0 Å². The molecule has 0 radical (unpaired) electrons. The fourth-order valence-electron chi connectivity index (χ4n) is 2.12. The molecular weight excluding hydrogens is 301 g/mol. The highest BCUT2D eigenvalue weighted by atomic mass is 32.3. The number of azide groups is 1. The molecule has 0 atom stereocenters. The number of halogens is 1. The molecule has 0 spiro atoms. The Morgan fingerprint density at radius 3 is 2.71 bits per heavy atom. The first-order valence-corrected chi connectivity index (χ1v) is 7.53. The van der Waals surface area contributed by atoms with Crippen molar-refractivity contribution in [1.82, 2.24) is 5.32 Å². The molecule has 1 N–H and O–H groups in total. The molecule has 1 saturated heterocycles. The summed E-state index contributed by atoms with van der Waals surface area (Å²) in [6, 6.07) is 4.54. The van der Waals surface area contributed by atoms with Gasteiger partial charge in [-0.15, -0.1) is 0 Å². The van der Waals surface area contributed by atoms with Crippen LogP contribution in [0.5, 0.6) is 5.75 Å². The van der Waals surface area contributed by atoms with Crippen molar-refractivity contribution < 1.29 is 16.5 Å². The SMILES string of the molecule is [N-]=[N+]=NCc1cc(OS(=O)(=O)F)cc(N2CCNCC2)c1. The van der Waals surface area contributed by atoms with Gasteiger partial charge in [-0.05, 0) is 23.2 Å². The number of piperazine rings is 1. The zero-order valence-corrected chi connectivity index (χ0v) is 11.9. The number of nitrogens with zero attached hydrogens (tertiary/aromatic N) is 4. The van der Waals surface area contributed by atoms with E-state index in [0.29, 0.717) is 11.3 Å². The topological polar surface area (TPSA) is 107 Å². The van der Waals surface area contributed by atoms with Crippen molar-refractivity contribution in [2.24, 2.45) is 5.11 Å². The van der Waals surface area contributed by atoms with Crippen molar-refractivity contribution >= 4 is 16.2 Å². The molecule has 1 aliphatic heterocycles. The average Bonchev–Trinajstić information content (AvgIpc) is 2.44. The Kier molecular flexibility index (Phi) is 4.84. The molecule has 1 heterocycles. The minimum absolute atomic E-state index is 0.0269. The van der Waals surface area contributed by atoms with E-state index in [-0.39, 0.29) is 12.3 Å². The van der Waals surface area contributed by atoms with Crippen molar-refractivity contribution in [3.63, 3.8) is 0 Å². The summed E-state index contributed by atoms with van der Waals surface area (Å²) in [5.74, 6) is -0.142. The summed E-state index contributed by atoms with van der Waals surface area (Å²) in [5, 5.41) is 6.61. The molecule has 21 heavy (non-hydrogen) atoms. The van der Waals surface area contributed by atoms with Gasteiger partial charge in [-0.1, -0.05) is 9.00 Å². The first-order chi connectivity index (χ1) is 9.98. The monoisotopic (exact) mass is 315 g/mol. The van der Waals surface area contributed by atoms with E-state index in [1.807, 2.05) is 4.90 Å². The van der Waals surface area contributed by atoms with Gasteiger partial charge in [-0.3, -0.25) is 0 Å². The lowest BCUT2D eigenvalue weighted by molar-refractivity contribution is 0.440. The second-order valence-corrected chi connectivity index (χ2v) is 5.39. The average molecular weight is 315 g/mol. The Hall–Kier alpha value is -2.03. The van der Waals surface area contributed by atoms with E-state index in [0.717, 1.165) is 26.2 Å². The second kappa shape index (κ2) is 6.61. The molecule has 8 nitrogen and oxygen atoms in total. The predicted octanol–water partition coefficient (Wildman–Crippen LogP) is 1.50. The molecule has 0 aromatic heterocycles. The molecule has 0 bridgehead atoms. The van der Waals surface area contributed by atoms with E-state index in [1.54, 1.807) is 6.07 Å². The molecular formula is C11H14FN5O3S. The first-order valence-electron chi connectivity index (χ1n) is 6.22. The number of hydrogen-bond acceptors (Lipinski definition) is 6. The van der Waals surface area contributed by atoms with Gasteiger partial charge in [0.2, 0.25) is 0 Å². The van der Waals surface area contributed by atoms with Gasteiger partial charge in [-0.2, -0.15) is 8.42 Å². The van der Waals surface area contributed by atoms with Crippen LogP contribution < -0.4 is 14.4 Å². The quantitative estimate of drug-likeness (QED) is 0.383. The van der Waals surface area contributed by atoms with E-state index in [4.69, 9.17) is 5.53 Å². The van der Waals surface area contributed by atoms with Gasteiger partial charge in [0.25, 0.3) is 0 Å². The molecule has 114 valence electrons. The Morgan fingerprint density at radius 2 is 2.10 bits per heavy atom. The standard InChI is InChI=1S/C11H14FN5O3S/c12-21(18,19)20-11-6-9(8-15-16-13)5-10(7-11)17-3-1-14-2-4-17/h5-7,14H,1-4,8H2. The second-order valence-electron chi connectivity index (χ2n) is 4.44. The molecule has 0 unspecified atom stereocenters. The van der Waals surface area contributed by atoms with Gasteiger partial charge in [0, 0.05) is 42.8 Å². The smallest absolute Gasteiger partial charge is 0.369 e. The third-order valence-corrected chi connectivity index (χ3v) is 3.34. The minimum Gasteiger partial charge on any atom is -0.369 e. The Bertz CT molecular complexity index is 654. The normalized spacial score (nSPS) is 15.4. The summed E-state index contributed by atoms with van der Waals surface area (Å²) < 4.78 is 38.2. The molecule has 1 aromatic carbocycles. The molecule has 0 saturated carbocycles. The Labute approximate surface area is 121 Å². The van der Waals surface area contributed by atoms with Gasteiger partial charge < -0.3 is 14.4 Å². The highest BCUT2D eigenvalue weighted by Gasteiger charge is 2.15. The third-order valence-electron chi connectivity index (χ3n) is 2.95. The zero-order chi connectivity index (χ0) is 15.3. The molecule has 1 fully saturated rings. The van der Waals surface area contributed by atoms with Crippen molar-refractivity contribution in [1.29, 1.82) is 0 Å². The molecule has 2 rings (SSSR count). The highest BCUT2D eigenvalue weighted by molar-refractivity contribution is 7.81. The van der Waals surface area contributed by atoms with Crippen LogP contribution in [0.1, 0.15) is 5.56 Å². The predicted molar refractivity (Wildman–Crippen MR) is 75.0 cm³/mol. The van der Waals surface area contributed by atoms with Gasteiger partial charge in [0.05, 0.1) is 6.54 Å². The van der Waals surface area contributed by atoms with E-state index in [1.165, 1.54) is 12.1 Å². The summed E-state index contributed by atoms with van der Waals surface area (Å²) >= 11 is 0. The largest absolute Gasteiger partial charge is 0.488 e. The molecule has 0 amide bonds. The maximum atomic E-state index is 12.7. The first kappa shape index (κ1) is 15.4. The fourth-order valence-corrected chi connectivity index (χ4v) is 2.44. The van der Waals surface area contributed by atoms with Crippen molar-refractivity contribution in [3.05, 3.63) is 34.2 Å². The number of hydrogen-bond donors (Lipinski definition) is 1. The van der Waals surface area contributed by atoms with E-state index >= 15 is 0 Å². The number of nitrogens with one attached hydrogen (secondary N) is 1. The third kappa shape index (κ3) is 4.78. The summed E-state index contributed by atoms with van der Waals surface area (Å²) in [4.78, 5) is 4.65. The lowest BCUT2D eigenvalue weighted by atomic mass is 10.1. The van der Waals surface area contributed by atoms with Gasteiger partial charge in [0.15, 0.2) is 0 Å². The number of benzene rings is 1. The van der Waals surface area contributed by atoms with E-state index in [2.05, 4.69) is 19.5 Å². The van der Waals surface area contributed by atoms with Crippen LogP contribution in [0, 0.1) is 0 Å². The van der Waals surface area contributed by atoms with Crippen LogP contribution in [-0.2, 0) is 17.0 Å². The fraction of sp³-hybridized carbons (Fsp3) is 0.455. The maximum absolute atomic E-state index is 12.7. The van der Waals surface area contributed by atoms with Gasteiger partial charge in [-0.25, -0.2) is 0 Å². The van der Waals surface area contributed by atoms with Crippen molar-refractivity contribution in [2.75, 3.05) is 31.1 Å². The zero-order valence-electron chi connectivity index (χ0n) is 11.1. The van der Waals surface area contributed by atoms with Crippen LogP contribution in [0.4, 0.5) is 9.57 Å². The highest BCUT2D eigenvalue weighted by Crippen LogP contribution is 2.26. The lowest BCUT2D eigenvalue weighted by Gasteiger charge is -2.30. The van der Waals surface area contributed by atoms with Crippen molar-refractivity contribution in [2.45, 2.75) is 6.54 Å². The van der Waals surface area contributed by atoms with Crippen LogP contribution in [0.25, 0.3) is 10.4 Å². The van der Waals surface area contributed by atoms with E-state index in [9.17, 15) is 12.3 Å². The van der Waals surface area contributed by atoms with Crippen LogP contribution in [0.15, 0.2) is 23.3 Å². The summed E-state index contributed by atoms with van der Waals surface area (Å²) in [6.45, 7) is 3.06. The minimum atomic E-state index is -5.10.